The maximum atomic E-state index is 12.7. The first-order valence-electron chi connectivity index (χ1n) is 5.25. The predicted molar refractivity (Wildman–Crippen MR) is 54.5 cm³/mol. The number of aromatic nitrogens is 1. The monoisotopic (exact) mass is 283 g/mol. The number of hydrogen-bond acceptors (Lipinski definition) is 3. The molecule has 1 aromatic rings. The smallest absolute Gasteiger partial charge is 0.418 e. The largest absolute Gasteiger partial charge is 0.466 e. The first-order chi connectivity index (χ1) is 8.77. The van der Waals surface area contributed by atoms with Crippen LogP contribution in [-0.4, -0.2) is 17.6 Å². The van der Waals surface area contributed by atoms with Crippen LogP contribution in [0.5, 0.6) is 0 Å². The Bertz CT molecular complexity index is 459. The number of carbonyl (C=O) groups excluding carboxylic acids is 1. The highest BCUT2D eigenvalue weighted by Crippen LogP contribution is 2.35. The van der Waals surface area contributed by atoms with E-state index in [1.807, 2.05) is 0 Å². The van der Waals surface area contributed by atoms with Crippen molar-refractivity contribution >= 4 is 5.97 Å². The summed E-state index contributed by atoms with van der Waals surface area (Å²) in [5, 5.41) is 0. The van der Waals surface area contributed by atoms with Gasteiger partial charge in [-0.25, -0.2) is 8.78 Å². The first-order valence-corrected chi connectivity index (χ1v) is 5.25. The number of carbonyl (C=O) groups is 1. The minimum absolute atomic E-state index is 0.0463. The van der Waals surface area contributed by atoms with Gasteiger partial charge in [0.25, 0.3) is 6.43 Å². The number of pyridine rings is 1. The van der Waals surface area contributed by atoms with Crippen LogP contribution in [0.4, 0.5) is 22.0 Å². The van der Waals surface area contributed by atoms with E-state index in [9.17, 15) is 26.7 Å². The van der Waals surface area contributed by atoms with Gasteiger partial charge in [0.05, 0.1) is 18.6 Å². The Kier molecular flexibility index (Phi) is 4.79. The molecule has 0 amide bonds. The van der Waals surface area contributed by atoms with Crippen molar-refractivity contribution < 1.29 is 31.5 Å². The third-order valence-corrected chi connectivity index (χ3v) is 2.26. The van der Waals surface area contributed by atoms with Gasteiger partial charge in [-0.3, -0.25) is 9.78 Å². The summed E-state index contributed by atoms with van der Waals surface area (Å²) in [6.07, 6.45) is -7.85. The Morgan fingerprint density at radius 1 is 1.37 bits per heavy atom. The molecule has 8 heteroatoms. The molecule has 0 aromatic carbocycles. The van der Waals surface area contributed by atoms with Gasteiger partial charge in [-0.05, 0) is 12.5 Å². The summed E-state index contributed by atoms with van der Waals surface area (Å²) in [6, 6.07) is 0. The van der Waals surface area contributed by atoms with Crippen molar-refractivity contribution in [2.45, 2.75) is 25.9 Å². The zero-order valence-corrected chi connectivity index (χ0v) is 9.80. The average Bonchev–Trinajstić information content (AvgIpc) is 2.27. The Morgan fingerprint density at radius 2 is 2.00 bits per heavy atom. The second kappa shape index (κ2) is 5.94. The van der Waals surface area contributed by atoms with E-state index in [2.05, 4.69) is 9.72 Å². The Labute approximate surface area is 105 Å². The van der Waals surface area contributed by atoms with Crippen molar-refractivity contribution in [3.8, 4) is 0 Å². The van der Waals surface area contributed by atoms with Crippen LogP contribution in [0.25, 0.3) is 0 Å². The molecular weight excluding hydrogens is 273 g/mol. The maximum Gasteiger partial charge on any atom is 0.418 e. The van der Waals surface area contributed by atoms with E-state index in [1.165, 1.54) is 6.92 Å². The van der Waals surface area contributed by atoms with E-state index in [1.54, 1.807) is 0 Å². The van der Waals surface area contributed by atoms with Crippen molar-refractivity contribution in [2.24, 2.45) is 0 Å². The van der Waals surface area contributed by atoms with Gasteiger partial charge in [-0.2, -0.15) is 13.2 Å². The summed E-state index contributed by atoms with van der Waals surface area (Å²) < 4.78 is 67.9. The van der Waals surface area contributed by atoms with Crippen molar-refractivity contribution in [1.82, 2.24) is 4.98 Å². The fourth-order valence-corrected chi connectivity index (χ4v) is 1.49. The topological polar surface area (TPSA) is 39.2 Å². The molecule has 0 atom stereocenters. The van der Waals surface area contributed by atoms with Gasteiger partial charge in [0.15, 0.2) is 0 Å². The zero-order chi connectivity index (χ0) is 14.6. The van der Waals surface area contributed by atoms with Crippen LogP contribution >= 0.6 is 0 Å². The van der Waals surface area contributed by atoms with Crippen LogP contribution in [0.2, 0.25) is 0 Å². The van der Waals surface area contributed by atoms with Gasteiger partial charge >= 0.3 is 12.1 Å². The molecule has 0 N–H and O–H groups in total. The molecule has 0 aliphatic carbocycles. The molecule has 0 saturated carbocycles. The lowest BCUT2D eigenvalue weighted by Gasteiger charge is -2.15. The van der Waals surface area contributed by atoms with Gasteiger partial charge in [0.1, 0.15) is 0 Å². The van der Waals surface area contributed by atoms with E-state index >= 15 is 0 Å². The summed E-state index contributed by atoms with van der Waals surface area (Å²) in [5.41, 5.74) is -3.06. The Hall–Kier alpha value is -1.73. The lowest BCUT2D eigenvalue weighted by Crippen LogP contribution is -2.17. The fraction of sp³-hybridized carbons (Fsp3) is 0.455. The number of rotatable bonds is 4. The van der Waals surface area contributed by atoms with Crippen molar-refractivity contribution in [1.29, 1.82) is 0 Å². The second-order valence-corrected chi connectivity index (χ2v) is 3.54. The third kappa shape index (κ3) is 3.87. The molecule has 0 saturated heterocycles. The SMILES string of the molecule is CCOC(=O)Cc1c(C(F)F)cncc1C(F)(F)F. The molecule has 0 aliphatic heterocycles. The maximum absolute atomic E-state index is 12.7. The highest BCUT2D eigenvalue weighted by molar-refractivity contribution is 5.73. The zero-order valence-electron chi connectivity index (χ0n) is 9.80. The van der Waals surface area contributed by atoms with E-state index in [-0.39, 0.29) is 6.61 Å². The summed E-state index contributed by atoms with van der Waals surface area (Å²) in [7, 11) is 0. The molecule has 1 aromatic heterocycles. The molecule has 0 fully saturated rings. The molecule has 0 unspecified atom stereocenters. The van der Waals surface area contributed by atoms with E-state index in [4.69, 9.17) is 0 Å². The van der Waals surface area contributed by atoms with Gasteiger partial charge in [-0.1, -0.05) is 0 Å². The molecule has 0 radical (unpaired) electrons. The minimum atomic E-state index is -4.86. The van der Waals surface area contributed by atoms with Gasteiger partial charge in [-0.15, -0.1) is 0 Å². The van der Waals surface area contributed by atoms with Crippen molar-refractivity contribution in [3.05, 3.63) is 29.1 Å². The second-order valence-electron chi connectivity index (χ2n) is 3.54. The van der Waals surface area contributed by atoms with Crippen LogP contribution in [0.3, 0.4) is 0 Å². The van der Waals surface area contributed by atoms with Gasteiger partial charge in [0.2, 0.25) is 0 Å². The molecular formula is C11H10F5NO2. The number of ether oxygens (including phenoxy) is 1. The third-order valence-electron chi connectivity index (χ3n) is 2.26. The van der Waals surface area contributed by atoms with Crippen LogP contribution in [0.1, 0.15) is 30.0 Å². The van der Waals surface area contributed by atoms with Crippen LogP contribution < -0.4 is 0 Å². The lowest BCUT2D eigenvalue weighted by atomic mass is 10.0. The molecule has 19 heavy (non-hydrogen) atoms. The van der Waals surface area contributed by atoms with Crippen LogP contribution in [-0.2, 0) is 22.1 Å². The molecule has 3 nitrogen and oxygen atoms in total. The number of esters is 1. The van der Waals surface area contributed by atoms with Gasteiger partial charge < -0.3 is 4.74 Å². The number of nitrogens with zero attached hydrogens (tertiary/aromatic N) is 1. The summed E-state index contributed by atoms with van der Waals surface area (Å²) >= 11 is 0. The summed E-state index contributed by atoms with van der Waals surface area (Å²) in [4.78, 5) is 14.3. The van der Waals surface area contributed by atoms with Crippen molar-refractivity contribution in [3.63, 3.8) is 0 Å². The van der Waals surface area contributed by atoms with Gasteiger partial charge in [0, 0.05) is 18.0 Å². The number of hydrogen-bond donors (Lipinski definition) is 0. The van der Waals surface area contributed by atoms with E-state index < -0.39 is 41.7 Å². The quantitative estimate of drug-likeness (QED) is 0.629. The standard InChI is InChI=1S/C11H10F5NO2/c1-2-19-9(18)3-6-7(10(12)13)4-17-5-8(6)11(14,15)16/h4-5,10H,2-3H2,1H3. The molecule has 106 valence electrons. The summed E-state index contributed by atoms with van der Waals surface area (Å²) in [6.45, 7) is 1.42. The molecule has 1 heterocycles. The Morgan fingerprint density at radius 3 is 2.47 bits per heavy atom. The van der Waals surface area contributed by atoms with E-state index in [0.717, 1.165) is 0 Å². The van der Waals surface area contributed by atoms with E-state index in [0.29, 0.717) is 12.4 Å². The normalized spacial score (nSPS) is 11.7. The summed E-state index contributed by atoms with van der Waals surface area (Å²) in [5.74, 6) is -0.999. The Balaban J connectivity index is 3.26. The number of halogens is 5. The molecule has 0 spiro atoms. The van der Waals surface area contributed by atoms with Crippen LogP contribution in [0, 0.1) is 0 Å². The highest BCUT2D eigenvalue weighted by Gasteiger charge is 2.36. The average molecular weight is 283 g/mol. The first kappa shape index (κ1) is 15.3. The molecule has 0 bridgehead atoms. The highest BCUT2D eigenvalue weighted by atomic mass is 19.4. The number of alkyl halides is 5. The van der Waals surface area contributed by atoms with Crippen molar-refractivity contribution in [2.75, 3.05) is 6.61 Å². The molecule has 0 aliphatic rings. The predicted octanol–water partition coefficient (Wildman–Crippen LogP) is 3.14. The fourth-order valence-electron chi connectivity index (χ4n) is 1.49. The lowest BCUT2D eigenvalue weighted by molar-refractivity contribution is -0.143. The molecule has 1 rings (SSSR count). The van der Waals surface area contributed by atoms with Crippen LogP contribution in [0.15, 0.2) is 12.4 Å². The minimum Gasteiger partial charge on any atom is -0.466 e.